The molecule has 0 unspecified atom stereocenters. The van der Waals surface area contributed by atoms with E-state index >= 15 is 0 Å². The van der Waals surface area contributed by atoms with Crippen LogP contribution >= 0.6 is 0 Å². The van der Waals surface area contributed by atoms with Gasteiger partial charge in [0.25, 0.3) is 0 Å². The average molecular weight is 669 g/mol. The number of ether oxygens (including phenoxy) is 4. The van der Waals surface area contributed by atoms with Gasteiger partial charge < -0.3 is 18.9 Å². The van der Waals surface area contributed by atoms with E-state index in [1.54, 1.807) is 52.7 Å². The van der Waals surface area contributed by atoms with Crippen LogP contribution in [0.2, 0.25) is 0 Å². The second-order valence-electron chi connectivity index (χ2n) is 9.79. The van der Waals surface area contributed by atoms with Crippen LogP contribution in [0.4, 0.5) is 0 Å². The molecule has 46 heavy (non-hydrogen) atoms. The maximum atomic E-state index is 11.4. The van der Waals surface area contributed by atoms with E-state index in [-0.39, 0.29) is 4.90 Å². The second-order valence-corrected chi connectivity index (χ2v) is 13.8. The number of sulfone groups is 2. The Morgan fingerprint density at radius 2 is 0.913 bits per heavy atom. The van der Waals surface area contributed by atoms with E-state index in [0.29, 0.717) is 28.2 Å². The number of hydrogen-bond donors (Lipinski definition) is 0. The van der Waals surface area contributed by atoms with E-state index in [2.05, 4.69) is 6.92 Å². The Hall–Kier alpha value is -4.61. The fraction of sp³-hybridized carbons (Fsp3) is 0.229. The van der Waals surface area contributed by atoms with E-state index in [0.717, 1.165) is 35.3 Å². The Morgan fingerprint density at radius 3 is 1.33 bits per heavy atom. The number of hydrogen-bond acceptors (Lipinski definition) is 9. The van der Waals surface area contributed by atoms with Crippen molar-refractivity contribution in [2.24, 2.45) is 0 Å². The van der Waals surface area contributed by atoms with Crippen molar-refractivity contribution in [2.75, 3.05) is 41.0 Å². The van der Waals surface area contributed by atoms with Crippen molar-refractivity contribution in [1.82, 2.24) is 0 Å². The van der Waals surface area contributed by atoms with Crippen molar-refractivity contribution < 1.29 is 40.6 Å². The van der Waals surface area contributed by atoms with E-state index in [4.69, 9.17) is 18.9 Å². The molecule has 0 aromatic heterocycles. The molecule has 0 fully saturated rings. The molecule has 0 atom stereocenters. The lowest BCUT2D eigenvalue weighted by Crippen LogP contribution is -1.96. The monoisotopic (exact) mass is 668 g/mol. The van der Waals surface area contributed by atoms with Crippen molar-refractivity contribution in [1.29, 1.82) is 0 Å². The lowest BCUT2D eigenvalue weighted by Gasteiger charge is -2.07. The highest BCUT2D eigenvalue weighted by Gasteiger charge is 2.07. The van der Waals surface area contributed by atoms with Gasteiger partial charge in [-0.1, -0.05) is 55.5 Å². The molecule has 246 valence electrons. The highest BCUT2D eigenvalue weighted by atomic mass is 32.2. The van der Waals surface area contributed by atoms with Crippen molar-refractivity contribution in [3.63, 3.8) is 0 Å². The number of rotatable bonds is 10. The van der Waals surface area contributed by atoms with Crippen LogP contribution in [-0.4, -0.2) is 64.1 Å². The third-order valence-corrected chi connectivity index (χ3v) is 8.74. The quantitative estimate of drug-likeness (QED) is 0.139. The maximum absolute atomic E-state index is 11.4. The zero-order chi connectivity index (χ0) is 34.3. The van der Waals surface area contributed by atoms with Crippen LogP contribution in [0, 0.1) is 0 Å². The van der Waals surface area contributed by atoms with Gasteiger partial charge in [-0.25, -0.2) is 16.8 Å². The van der Waals surface area contributed by atoms with Gasteiger partial charge in [0.05, 0.1) is 38.2 Å². The van der Waals surface area contributed by atoms with Gasteiger partial charge in [-0.05, 0) is 71.6 Å². The highest BCUT2D eigenvalue weighted by molar-refractivity contribution is 7.91. The molecular weight excluding hydrogens is 629 g/mol. The molecule has 0 radical (unpaired) electrons. The van der Waals surface area contributed by atoms with Crippen molar-refractivity contribution in [3.8, 4) is 23.0 Å². The van der Waals surface area contributed by atoms with Gasteiger partial charge in [-0.15, -0.1) is 0 Å². The molecule has 4 aromatic rings. The Kier molecular flexibility index (Phi) is 14.5. The predicted octanol–water partition coefficient (Wildman–Crippen LogP) is 6.45. The highest BCUT2D eigenvalue weighted by Crippen LogP contribution is 2.29. The van der Waals surface area contributed by atoms with Gasteiger partial charge in [0.2, 0.25) is 0 Å². The summed E-state index contributed by atoms with van der Waals surface area (Å²) in [5.41, 5.74) is 3.61. The summed E-state index contributed by atoms with van der Waals surface area (Å²) in [5, 5.41) is 0. The second kappa shape index (κ2) is 17.8. The maximum Gasteiger partial charge on any atom is 0.175 e. The third-order valence-electron chi connectivity index (χ3n) is 6.48. The van der Waals surface area contributed by atoms with Crippen molar-refractivity contribution in [2.45, 2.75) is 23.1 Å². The molecule has 11 heteroatoms. The smallest absolute Gasteiger partial charge is 0.175 e. The van der Waals surface area contributed by atoms with Crippen LogP contribution < -0.4 is 18.9 Å². The van der Waals surface area contributed by atoms with Crippen LogP contribution in [-0.2, 0) is 26.1 Å². The molecule has 9 nitrogen and oxygen atoms in total. The zero-order valence-corrected chi connectivity index (χ0v) is 28.6. The standard InChI is InChI=1S/C17H18O4S.C10H14O2.C8H8O3S/c1-20-16-11-8-14(12-17(16)21-2)5-4-13-6-9-15(10-7-13)22(3,18)19;1-4-8-5-6-9(11-2)10(7-8)12-3;1-12(10,11)8-4-2-7(6-9)3-5-8/h4-12H,1-3H3;5-7H,4H2,1-3H3;2-6H,1H3/b5-4+;;. The Morgan fingerprint density at radius 1 is 0.522 bits per heavy atom. The zero-order valence-electron chi connectivity index (χ0n) is 27.0. The minimum Gasteiger partial charge on any atom is -0.493 e. The third kappa shape index (κ3) is 11.7. The van der Waals surface area contributed by atoms with E-state index < -0.39 is 19.7 Å². The topological polar surface area (TPSA) is 122 Å². The fourth-order valence-corrected chi connectivity index (χ4v) is 5.13. The lowest BCUT2D eigenvalue weighted by molar-refractivity contribution is 0.112. The van der Waals surface area contributed by atoms with Crippen LogP contribution in [0.15, 0.2) is 94.7 Å². The molecule has 0 saturated carbocycles. The van der Waals surface area contributed by atoms with Crippen LogP contribution in [0.5, 0.6) is 23.0 Å². The Bertz CT molecular complexity index is 1810. The van der Waals surface area contributed by atoms with Crippen LogP contribution in [0.25, 0.3) is 12.2 Å². The first-order valence-electron chi connectivity index (χ1n) is 14.0. The summed E-state index contributed by atoms with van der Waals surface area (Å²) in [6, 6.07) is 24.1. The minimum atomic E-state index is -3.16. The van der Waals surface area contributed by atoms with E-state index in [9.17, 15) is 21.6 Å². The number of methoxy groups -OCH3 is 4. The number of carbonyl (C=O) groups is 1. The molecule has 0 bridgehead atoms. The first-order valence-corrected chi connectivity index (χ1v) is 17.7. The Labute approximate surface area is 272 Å². The van der Waals surface area contributed by atoms with Gasteiger partial charge in [-0.2, -0.15) is 0 Å². The molecule has 0 amide bonds. The summed E-state index contributed by atoms with van der Waals surface area (Å²) < 4.78 is 65.4. The molecule has 0 spiro atoms. The van der Waals surface area contributed by atoms with E-state index in [1.807, 2.05) is 48.6 Å². The Balaban J connectivity index is 0.000000261. The van der Waals surface area contributed by atoms with Gasteiger partial charge in [0.15, 0.2) is 42.7 Å². The SMILES string of the molecule is CCc1ccc(OC)c(OC)c1.COc1ccc(/C=C/c2ccc(S(C)(=O)=O)cc2)cc1OC.CS(=O)(=O)c1ccc(C=O)cc1. The summed E-state index contributed by atoms with van der Waals surface area (Å²) >= 11 is 0. The largest absolute Gasteiger partial charge is 0.493 e. The van der Waals surface area contributed by atoms with Crippen molar-refractivity contribution in [3.05, 3.63) is 107 Å². The fourth-order valence-electron chi connectivity index (χ4n) is 3.87. The van der Waals surface area contributed by atoms with Gasteiger partial charge >= 0.3 is 0 Å². The lowest BCUT2D eigenvalue weighted by atomic mass is 10.1. The normalized spacial score (nSPS) is 10.9. The number of benzene rings is 4. The van der Waals surface area contributed by atoms with Crippen LogP contribution in [0.3, 0.4) is 0 Å². The van der Waals surface area contributed by atoms with Crippen molar-refractivity contribution >= 4 is 38.1 Å². The molecule has 0 aliphatic heterocycles. The molecule has 0 heterocycles. The predicted molar refractivity (Wildman–Crippen MR) is 182 cm³/mol. The molecule has 4 rings (SSSR count). The molecular formula is C35H40O9S2. The van der Waals surface area contributed by atoms with Gasteiger partial charge in [-0.3, -0.25) is 4.79 Å². The average Bonchev–Trinajstić information content (AvgIpc) is 3.06. The van der Waals surface area contributed by atoms with E-state index in [1.165, 1.54) is 36.1 Å². The number of carbonyl (C=O) groups excluding carboxylic acids is 1. The molecule has 0 aliphatic carbocycles. The minimum absolute atomic E-state index is 0.230. The molecule has 0 saturated heterocycles. The molecule has 0 aliphatic rings. The summed E-state index contributed by atoms with van der Waals surface area (Å²) in [5.74, 6) is 2.93. The van der Waals surface area contributed by atoms with Gasteiger partial charge in [0.1, 0.15) is 6.29 Å². The first-order chi connectivity index (χ1) is 21.8. The number of aldehydes is 1. The van der Waals surface area contributed by atoms with Crippen LogP contribution in [0.1, 0.15) is 34.0 Å². The molecule has 0 N–H and O–H groups in total. The summed E-state index contributed by atoms with van der Waals surface area (Å²) in [7, 11) is 0.177. The first kappa shape index (κ1) is 37.6. The summed E-state index contributed by atoms with van der Waals surface area (Å²) in [4.78, 5) is 10.8. The summed E-state index contributed by atoms with van der Waals surface area (Å²) in [6.45, 7) is 2.11. The summed E-state index contributed by atoms with van der Waals surface area (Å²) in [6.07, 6.45) is 7.85. The molecule has 4 aromatic carbocycles. The van der Waals surface area contributed by atoms with Gasteiger partial charge in [0, 0.05) is 18.1 Å². The number of aryl methyl sites for hydroxylation is 1.